The first-order chi connectivity index (χ1) is 18.7. The van der Waals surface area contributed by atoms with Gasteiger partial charge in [0, 0.05) is 11.1 Å². The van der Waals surface area contributed by atoms with Crippen LogP contribution in [0.5, 0.6) is 11.5 Å². The van der Waals surface area contributed by atoms with Gasteiger partial charge in [0.05, 0.1) is 0 Å². The summed E-state index contributed by atoms with van der Waals surface area (Å²) in [6.07, 6.45) is 9.26. The SMILES string of the molecule is CC(C)(C)c1ccc(Oc2ccc3cc(C(=O)NC(C(=O)O)C4CCCC4)nc(CC4CCCC4)c3c2)cc1. The minimum absolute atomic E-state index is 0.0259. The molecule has 5 rings (SSSR count). The number of fused-ring (bicyclic) bond motifs is 1. The van der Waals surface area contributed by atoms with Crippen LogP contribution in [0.15, 0.2) is 48.5 Å². The number of ether oxygens (including phenoxy) is 1. The maximum Gasteiger partial charge on any atom is 0.326 e. The molecule has 0 saturated heterocycles. The first kappa shape index (κ1) is 27.2. The number of nitrogens with zero attached hydrogens (tertiary/aromatic N) is 1. The summed E-state index contributed by atoms with van der Waals surface area (Å²) < 4.78 is 6.22. The Morgan fingerprint density at radius 1 is 0.949 bits per heavy atom. The van der Waals surface area contributed by atoms with Gasteiger partial charge in [-0.05, 0) is 77.8 Å². The van der Waals surface area contributed by atoms with Crippen molar-refractivity contribution in [2.24, 2.45) is 11.8 Å². The summed E-state index contributed by atoms with van der Waals surface area (Å²) in [5.74, 6) is 0.628. The first-order valence-electron chi connectivity index (χ1n) is 14.4. The van der Waals surface area contributed by atoms with E-state index in [9.17, 15) is 14.7 Å². The fraction of sp³-hybridized carbons (Fsp3) is 0.485. The van der Waals surface area contributed by atoms with E-state index in [-0.39, 0.29) is 17.0 Å². The zero-order chi connectivity index (χ0) is 27.6. The molecule has 1 atom stereocenters. The highest BCUT2D eigenvalue weighted by atomic mass is 16.5. The number of nitrogens with one attached hydrogen (secondary N) is 1. The fourth-order valence-corrected chi connectivity index (χ4v) is 6.17. The molecule has 1 aromatic heterocycles. The zero-order valence-corrected chi connectivity index (χ0v) is 23.3. The maximum atomic E-state index is 13.3. The number of pyridine rings is 1. The van der Waals surface area contributed by atoms with Crippen LogP contribution in [0.1, 0.15) is 93.9 Å². The molecule has 2 aliphatic carbocycles. The predicted molar refractivity (Wildman–Crippen MR) is 153 cm³/mol. The summed E-state index contributed by atoms with van der Waals surface area (Å²) in [6, 6.07) is 15.0. The van der Waals surface area contributed by atoms with Crippen LogP contribution in [0.4, 0.5) is 0 Å². The normalized spacial score (nSPS) is 17.4. The van der Waals surface area contributed by atoms with E-state index < -0.39 is 17.9 Å². The van der Waals surface area contributed by atoms with Crippen LogP contribution in [0.2, 0.25) is 0 Å². The van der Waals surface area contributed by atoms with Crippen molar-refractivity contribution in [1.29, 1.82) is 0 Å². The number of aliphatic carboxylic acids is 1. The molecule has 1 unspecified atom stereocenters. The number of benzene rings is 2. The van der Waals surface area contributed by atoms with Gasteiger partial charge in [-0.15, -0.1) is 0 Å². The molecule has 1 amide bonds. The van der Waals surface area contributed by atoms with E-state index in [0.717, 1.165) is 60.1 Å². The Morgan fingerprint density at radius 3 is 2.23 bits per heavy atom. The average Bonchev–Trinajstić information content (AvgIpc) is 3.62. The van der Waals surface area contributed by atoms with Crippen molar-refractivity contribution in [2.45, 2.75) is 90.0 Å². The Kier molecular flexibility index (Phi) is 7.92. The van der Waals surface area contributed by atoms with Crippen molar-refractivity contribution < 1.29 is 19.4 Å². The molecule has 2 N–H and O–H groups in total. The molecule has 2 aliphatic rings. The van der Waals surface area contributed by atoms with Crippen LogP contribution in [-0.4, -0.2) is 28.0 Å². The van der Waals surface area contributed by atoms with Gasteiger partial charge in [0.25, 0.3) is 5.91 Å². The lowest BCUT2D eigenvalue weighted by Crippen LogP contribution is -2.45. The average molecular weight is 529 g/mol. The Balaban J connectivity index is 1.43. The second-order valence-electron chi connectivity index (χ2n) is 12.4. The van der Waals surface area contributed by atoms with E-state index in [2.05, 4.69) is 38.2 Å². The molecule has 2 aromatic carbocycles. The first-order valence-corrected chi connectivity index (χ1v) is 14.4. The monoisotopic (exact) mass is 528 g/mol. The van der Waals surface area contributed by atoms with E-state index in [1.165, 1.54) is 31.2 Å². The third-order valence-corrected chi connectivity index (χ3v) is 8.45. The van der Waals surface area contributed by atoms with E-state index >= 15 is 0 Å². The number of carbonyl (C=O) groups is 2. The van der Waals surface area contributed by atoms with Crippen LogP contribution in [-0.2, 0) is 16.6 Å². The van der Waals surface area contributed by atoms with Gasteiger partial charge >= 0.3 is 5.97 Å². The van der Waals surface area contributed by atoms with Crippen LogP contribution >= 0.6 is 0 Å². The molecular weight excluding hydrogens is 488 g/mol. The lowest BCUT2D eigenvalue weighted by molar-refractivity contribution is -0.140. The summed E-state index contributed by atoms with van der Waals surface area (Å²) in [5, 5.41) is 14.5. The number of amides is 1. The second kappa shape index (κ2) is 11.4. The predicted octanol–water partition coefficient (Wildman–Crippen LogP) is 7.43. The summed E-state index contributed by atoms with van der Waals surface area (Å²) in [7, 11) is 0. The van der Waals surface area contributed by atoms with Gasteiger partial charge in [-0.2, -0.15) is 0 Å². The lowest BCUT2D eigenvalue weighted by Gasteiger charge is -2.21. The smallest absolute Gasteiger partial charge is 0.326 e. The number of carbonyl (C=O) groups excluding carboxylic acids is 1. The van der Waals surface area contributed by atoms with Crippen molar-refractivity contribution >= 4 is 22.6 Å². The molecule has 0 aliphatic heterocycles. The highest BCUT2D eigenvalue weighted by molar-refractivity contribution is 5.99. The number of hydrogen-bond acceptors (Lipinski definition) is 4. The highest BCUT2D eigenvalue weighted by Crippen LogP contribution is 2.34. The standard InChI is InChI=1S/C33H40N2O4/c1-33(2,3)24-13-16-25(17-14-24)39-26-15-12-23-19-29(31(36)35-30(32(37)38)22-10-6-7-11-22)34-28(27(23)20-26)18-21-8-4-5-9-21/h12-17,19-22,30H,4-11,18H2,1-3H3,(H,35,36)(H,37,38). The van der Waals surface area contributed by atoms with Gasteiger partial charge in [0.2, 0.25) is 0 Å². The Labute approximate surface area is 231 Å². The van der Waals surface area contributed by atoms with Crippen molar-refractivity contribution in [3.63, 3.8) is 0 Å². The van der Waals surface area contributed by atoms with Gasteiger partial charge in [-0.3, -0.25) is 4.79 Å². The van der Waals surface area contributed by atoms with Crippen molar-refractivity contribution in [1.82, 2.24) is 10.3 Å². The molecule has 2 fully saturated rings. The van der Waals surface area contributed by atoms with Gasteiger partial charge in [-0.1, -0.05) is 77.5 Å². The Hall–Kier alpha value is -3.41. The lowest BCUT2D eigenvalue weighted by atomic mass is 9.87. The summed E-state index contributed by atoms with van der Waals surface area (Å²) in [4.78, 5) is 30.1. The van der Waals surface area contributed by atoms with Crippen molar-refractivity contribution in [2.75, 3.05) is 0 Å². The second-order valence-corrected chi connectivity index (χ2v) is 12.4. The van der Waals surface area contributed by atoms with Crippen molar-refractivity contribution in [3.8, 4) is 11.5 Å². The van der Waals surface area contributed by atoms with Crippen molar-refractivity contribution in [3.05, 3.63) is 65.5 Å². The molecular formula is C33H40N2O4. The Morgan fingerprint density at radius 2 is 1.59 bits per heavy atom. The molecule has 6 nitrogen and oxygen atoms in total. The van der Waals surface area contributed by atoms with E-state index in [1.54, 1.807) is 6.07 Å². The fourth-order valence-electron chi connectivity index (χ4n) is 6.17. The summed E-state index contributed by atoms with van der Waals surface area (Å²) >= 11 is 0. The minimum Gasteiger partial charge on any atom is -0.480 e. The maximum absolute atomic E-state index is 13.3. The van der Waals surface area contributed by atoms with E-state index in [4.69, 9.17) is 9.72 Å². The molecule has 0 bridgehead atoms. The van der Waals surface area contributed by atoms with Crippen LogP contribution in [0.3, 0.4) is 0 Å². The molecule has 2 saturated carbocycles. The third kappa shape index (κ3) is 6.43. The van der Waals surface area contributed by atoms with Crippen LogP contribution in [0, 0.1) is 11.8 Å². The molecule has 0 spiro atoms. The molecule has 1 heterocycles. The van der Waals surface area contributed by atoms with E-state index in [0.29, 0.717) is 5.92 Å². The van der Waals surface area contributed by atoms with Gasteiger partial charge < -0.3 is 15.2 Å². The molecule has 0 radical (unpaired) electrons. The van der Waals surface area contributed by atoms with Crippen LogP contribution in [0.25, 0.3) is 10.8 Å². The third-order valence-electron chi connectivity index (χ3n) is 8.45. The molecule has 6 heteroatoms. The molecule has 206 valence electrons. The summed E-state index contributed by atoms with van der Waals surface area (Å²) in [5.41, 5.74) is 2.49. The number of rotatable bonds is 8. The largest absolute Gasteiger partial charge is 0.480 e. The van der Waals surface area contributed by atoms with Gasteiger partial charge in [0.1, 0.15) is 23.2 Å². The summed E-state index contributed by atoms with van der Waals surface area (Å²) in [6.45, 7) is 6.57. The Bertz CT molecular complexity index is 1330. The molecule has 3 aromatic rings. The van der Waals surface area contributed by atoms with Crippen LogP contribution < -0.4 is 10.1 Å². The van der Waals surface area contributed by atoms with Gasteiger partial charge in [-0.25, -0.2) is 9.78 Å². The number of carboxylic acids is 1. The molecule has 39 heavy (non-hydrogen) atoms. The number of hydrogen-bond donors (Lipinski definition) is 2. The minimum atomic E-state index is -0.973. The topological polar surface area (TPSA) is 88.5 Å². The number of aromatic nitrogens is 1. The van der Waals surface area contributed by atoms with E-state index in [1.807, 2.05) is 30.3 Å². The van der Waals surface area contributed by atoms with Gasteiger partial charge in [0.15, 0.2) is 0 Å². The quantitative estimate of drug-likeness (QED) is 0.317. The highest BCUT2D eigenvalue weighted by Gasteiger charge is 2.32. The zero-order valence-electron chi connectivity index (χ0n) is 23.3. The number of carboxylic acid groups (broad SMARTS) is 1.